The molecule has 0 aromatic heterocycles. The number of halogens is 1. The van der Waals surface area contributed by atoms with Crippen LogP contribution in [-0.4, -0.2) is 25.5 Å². The number of hydrogen-bond donors (Lipinski definition) is 3. The fraction of sp³-hybridized carbons (Fsp3) is 0.286. The highest BCUT2D eigenvalue weighted by atomic mass is 35.5. The molecule has 0 fully saturated rings. The largest absolute Gasteiger partial charge is 0.493 e. The first-order valence-corrected chi connectivity index (χ1v) is 12.1. The summed E-state index contributed by atoms with van der Waals surface area (Å²) in [5.41, 5.74) is 4.24. The Morgan fingerprint density at radius 1 is 0.917 bits per heavy atom. The molecule has 0 unspecified atom stereocenters. The molecule has 0 saturated carbocycles. The molecule has 190 valence electrons. The van der Waals surface area contributed by atoms with Gasteiger partial charge in [-0.2, -0.15) is 0 Å². The number of aryl methyl sites for hydroxylation is 1. The van der Waals surface area contributed by atoms with E-state index in [1.54, 1.807) is 12.1 Å². The van der Waals surface area contributed by atoms with Gasteiger partial charge in [-0.25, -0.2) is 0 Å². The zero-order valence-corrected chi connectivity index (χ0v) is 21.7. The van der Waals surface area contributed by atoms with Gasteiger partial charge in [0.15, 0.2) is 18.1 Å². The minimum atomic E-state index is -0.303. The fourth-order valence-electron chi connectivity index (χ4n) is 3.48. The van der Waals surface area contributed by atoms with Crippen LogP contribution in [0.15, 0.2) is 60.7 Å². The summed E-state index contributed by atoms with van der Waals surface area (Å²) in [6.07, 6.45) is 0.470. The van der Waals surface area contributed by atoms with Crippen LogP contribution in [0.2, 0.25) is 5.02 Å². The molecule has 3 aromatic rings. The molecule has 0 atom stereocenters. The maximum Gasteiger partial charge on any atom is 0.262 e. The van der Waals surface area contributed by atoms with Crippen molar-refractivity contribution in [2.75, 3.05) is 29.7 Å². The Labute approximate surface area is 217 Å². The topological polar surface area (TPSA) is 88.7 Å². The summed E-state index contributed by atoms with van der Waals surface area (Å²) in [7, 11) is 1.52. The highest BCUT2D eigenvalue weighted by Crippen LogP contribution is 2.36. The summed E-state index contributed by atoms with van der Waals surface area (Å²) in [5, 5.41) is 9.37. The number of nitrogens with one attached hydrogen (secondary N) is 3. The van der Waals surface area contributed by atoms with Gasteiger partial charge in [-0.05, 0) is 60.9 Å². The zero-order chi connectivity index (χ0) is 26.1. The smallest absolute Gasteiger partial charge is 0.262 e. The predicted octanol–water partition coefficient (Wildman–Crippen LogP) is 6.27. The Morgan fingerprint density at radius 2 is 1.61 bits per heavy atom. The van der Waals surface area contributed by atoms with Gasteiger partial charge in [-0.3, -0.25) is 9.59 Å². The standard InChI is InChI=1S/C28H32ClN3O4/c1-18(2)12-26(33)32-23-7-5-6-22(15-23)30-16-20-13-24(29)28(25(14-20)35-4)36-17-27(34)31-21-10-8-19(3)9-11-21/h5-11,13-15,18,30H,12,16-17H2,1-4H3,(H,31,34)(H,32,33). The van der Waals surface area contributed by atoms with Crippen LogP contribution in [0, 0.1) is 12.8 Å². The molecule has 7 nitrogen and oxygen atoms in total. The van der Waals surface area contributed by atoms with Crippen molar-refractivity contribution < 1.29 is 19.1 Å². The van der Waals surface area contributed by atoms with E-state index in [0.29, 0.717) is 41.1 Å². The minimum absolute atomic E-state index is 0.0122. The molecule has 3 rings (SSSR count). The van der Waals surface area contributed by atoms with Crippen LogP contribution in [0.1, 0.15) is 31.4 Å². The first-order valence-electron chi connectivity index (χ1n) is 11.7. The molecule has 0 spiro atoms. The van der Waals surface area contributed by atoms with Gasteiger partial charge in [0.05, 0.1) is 12.1 Å². The van der Waals surface area contributed by atoms with E-state index in [2.05, 4.69) is 16.0 Å². The highest BCUT2D eigenvalue weighted by molar-refractivity contribution is 6.32. The molecular formula is C28H32ClN3O4. The average molecular weight is 510 g/mol. The number of amides is 2. The van der Waals surface area contributed by atoms with Crippen LogP contribution in [0.4, 0.5) is 17.1 Å². The quantitative estimate of drug-likeness (QED) is 0.283. The molecule has 0 radical (unpaired) electrons. The Balaban J connectivity index is 1.60. The first-order chi connectivity index (χ1) is 17.2. The lowest BCUT2D eigenvalue weighted by Gasteiger charge is -2.15. The second kappa shape index (κ2) is 12.8. The molecule has 0 bridgehead atoms. The Morgan fingerprint density at radius 3 is 2.31 bits per heavy atom. The maximum absolute atomic E-state index is 12.3. The van der Waals surface area contributed by atoms with E-state index in [1.807, 2.05) is 69.3 Å². The van der Waals surface area contributed by atoms with E-state index in [4.69, 9.17) is 21.1 Å². The number of methoxy groups -OCH3 is 1. The molecule has 0 saturated heterocycles. The second-order valence-corrected chi connectivity index (χ2v) is 9.30. The van der Waals surface area contributed by atoms with E-state index in [9.17, 15) is 9.59 Å². The summed E-state index contributed by atoms with van der Waals surface area (Å²) in [4.78, 5) is 24.4. The minimum Gasteiger partial charge on any atom is -0.493 e. The predicted molar refractivity (Wildman–Crippen MR) is 145 cm³/mol. The molecule has 0 heterocycles. The first kappa shape index (κ1) is 26.9. The monoisotopic (exact) mass is 509 g/mol. The normalized spacial score (nSPS) is 10.6. The molecule has 8 heteroatoms. The third kappa shape index (κ3) is 8.20. The molecule has 3 aromatic carbocycles. The molecule has 0 aliphatic carbocycles. The third-order valence-electron chi connectivity index (χ3n) is 5.21. The number of carbonyl (C=O) groups is 2. The van der Waals surface area contributed by atoms with E-state index >= 15 is 0 Å². The van der Waals surface area contributed by atoms with E-state index in [1.165, 1.54) is 7.11 Å². The van der Waals surface area contributed by atoms with Crippen LogP contribution in [0.25, 0.3) is 0 Å². The van der Waals surface area contributed by atoms with Crippen LogP contribution in [0.3, 0.4) is 0 Å². The molecular weight excluding hydrogens is 478 g/mol. The number of anilines is 3. The van der Waals surface area contributed by atoms with Crippen molar-refractivity contribution in [3.05, 3.63) is 76.8 Å². The Bertz CT molecular complexity index is 1200. The van der Waals surface area contributed by atoms with Crippen molar-refractivity contribution in [3.63, 3.8) is 0 Å². The lowest BCUT2D eigenvalue weighted by atomic mass is 10.1. The molecule has 2 amide bonds. The number of rotatable bonds is 11. The summed E-state index contributed by atoms with van der Waals surface area (Å²) in [6.45, 7) is 6.25. The van der Waals surface area contributed by atoms with Crippen LogP contribution in [0.5, 0.6) is 11.5 Å². The van der Waals surface area contributed by atoms with Gasteiger partial charge < -0.3 is 25.4 Å². The summed E-state index contributed by atoms with van der Waals surface area (Å²) in [6, 6.07) is 18.6. The van der Waals surface area contributed by atoms with Crippen LogP contribution < -0.4 is 25.4 Å². The van der Waals surface area contributed by atoms with Crippen LogP contribution in [-0.2, 0) is 16.1 Å². The SMILES string of the molecule is COc1cc(CNc2cccc(NC(=O)CC(C)C)c2)cc(Cl)c1OCC(=O)Nc1ccc(C)cc1. The number of benzene rings is 3. The van der Waals surface area contributed by atoms with Gasteiger partial charge in [0.1, 0.15) is 0 Å². The van der Waals surface area contributed by atoms with Gasteiger partial charge >= 0.3 is 0 Å². The van der Waals surface area contributed by atoms with E-state index in [-0.39, 0.29) is 18.4 Å². The fourth-order valence-corrected chi connectivity index (χ4v) is 3.77. The molecule has 3 N–H and O–H groups in total. The van der Waals surface area contributed by atoms with Gasteiger partial charge in [0.25, 0.3) is 5.91 Å². The number of ether oxygens (including phenoxy) is 2. The molecule has 0 aliphatic rings. The third-order valence-corrected chi connectivity index (χ3v) is 5.49. The Kier molecular flexibility index (Phi) is 9.59. The van der Waals surface area contributed by atoms with Crippen molar-refractivity contribution in [2.24, 2.45) is 5.92 Å². The molecule has 0 aliphatic heterocycles. The van der Waals surface area contributed by atoms with E-state index < -0.39 is 0 Å². The van der Waals surface area contributed by atoms with Crippen molar-refractivity contribution in [1.29, 1.82) is 0 Å². The summed E-state index contributed by atoms with van der Waals surface area (Å²) in [5.74, 6) is 0.708. The van der Waals surface area contributed by atoms with Gasteiger partial charge in [0.2, 0.25) is 5.91 Å². The van der Waals surface area contributed by atoms with Crippen molar-refractivity contribution in [3.8, 4) is 11.5 Å². The lowest BCUT2D eigenvalue weighted by Crippen LogP contribution is -2.20. The lowest BCUT2D eigenvalue weighted by molar-refractivity contribution is -0.118. The van der Waals surface area contributed by atoms with Crippen molar-refractivity contribution in [2.45, 2.75) is 33.7 Å². The number of hydrogen-bond acceptors (Lipinski definition) is 5. The van der Waals surface area contributed by atoms with Gasteiger partial charge in [-0.15, -0.1) is 0 Å². The van der Waals surface area contributed by atoms with Crippen molar-refractivity contribution >= 4 is 40.5 Å². The van der Waals surface area contributed by atoms with Crippen molar-refractivity contribution in [1.82, 2.24) is 0 Å². The maximum atomic E-state index is 12.3. The van der Waals surface area contributed by atoms with Gasteiger partial charge in [0, 0.05) is 30.0 Å². The molecule has 36 heavy (non-hydrogen) atoms. The summed E-state index contributed by atoms with van der Waals surface area (Å²) >= 11 is 6.47. The Hall–Kier alpha value is -3.71. The summed E-state index contributed by atoms with van der Waals surface area (Å²) < 4.78 is 11.1. The zero-order valence-electron chi connectivity index (χ0n) is 21.0. The average Bonchev–Trinajstić information content (AvgIpc) is 2.83. The highest BCUT2D eigenvalue weighted by Gasteiger charge is 2.14. The second-order valence-electron chi connectivity index (χ2n) is 8.89. The van der Waals surface area contributed by atoms with E-state index in [0.717, 1.165) is 22.5 Å². The van der Waals surface area contributed by atoms with Crippen LogP contribution >= 0.6 is 11.6 Å². The van der Waals surface area contributed by atoms with Gasteiger partial charge in [-0.1, -0.05) is 49.2 Å². The number of carbonyl (C=O) groups excluding carboxylic acids is 2.